The lowest BCUT2D eigenvalue weighted by Crippen LogP contribution is -2.23. The minimum Gasteiger partial charge on any atom is -0.326 e. The number of fused-ring (bicyclic) bond motifs is 1. The Kier molecular flexibility index (Phi) is 5.16. The van der Waals surface area contributed by atoms with E-state index < -0.39 is 0 Å². The highest BCUT2D eigenvalue weighted by Gasteiger charge is 2.09. The summed E-state index contributed by atoms with van der Waals surface area (Å²) in [6.07, 6.45) is 1.73. The molecule has 0 atom stereocenters. The molecule has 0 radical (unpaired) electrons. The minimum atomic E-state index is -0.123. The van der Waals surface area contributed by atoms with Crippen molar-refractivity contribution in [1.82, 2.24) is 9.55 Å². The molecule has 1 heterocycles. The number of aromatic nitrogens is 2. The highest BCUT2D eigenvalue weighted by atomic mass is 16.1. The Morgan fingerprint density at radius 3 is 2.73 bits per heavy atom. The first-order chi connectivity index (χ1) is 12.5. The summed E-state index contributed by atoms with van der Waals surface area (Å²) in [6, 6.07) is 13.4. The quantitative estimate of drug-likeness (QED) is 0.761. The van der Waals surface area contributed by atoms with E-state index in [1.807, 2.05) is 43.3 Å². The number of benzene rings is 2. The maximum atomic E-state index is 12.6. The van der Waals surface area contributed by atoms with Crippen LogP contribution in [0, 0.1) is 6.92 Å². The third kappa shape index (κ3) is 3.82. The molecule has 0 fully saturated rings. The van der Waals surface area contributed by atoms with Crippen molar-refractivity contribution in [3.05, 3.63) is 70.3 Å². The van der Waals surface area contributed by atoms with Crippen LogP contribution in [0.1, 0.15) is 37.3 Å². The Morgan fingerprint density at radius 2 is 1.96 bits per heavy atom. The second-order valence-corrected chi connectivity index (χ2v) is 6.79. The summed E-state index contributed by atoms with van der Waals surface area (Å²) in [5, 5.41) is 3.48. The third-order valence-corrected chi connectivity index (χ3v) is 4.47. The van der Waals surface area contributed by atoms with E-state index in [1.165, 1.54) is 16.5 Å². The first kappa shape index (κ1) is 17.9. The molecular weight excluding hydrogens is 326 g/mol. The highest BCUT2D eigenvalue weighted by Crippen LogP contribution is 2.18. The van der Waals surface area contributed by atoms with E-state index in [2.05, 4.69) is 24.1 Å². The van der Waals surface area contributed by atoms with Crippen LogP contribution in [0.5, 0.6) is 0 Å². The molecule has 1 N–H and O–H groups in total. The Morgan fingerprint density at radius 1 is 1.19 bits per heavy atom. The zero-order chi connectivity index (χ0) is 18.7. The number of amides is 1. The molecule has 0 aliphatic carbocycles. The minimum absolute atomic E-state index is 0.117. The molecule has 1 amide bonds. The Balaban J connectivity index is 1.70. The van der Waals surface area contributed by atoms with Gasteiger partial charge in [0, 0.05) is 18.7 Å². The van der Waals surface area contributed by atoms with E-state index in [0.717, 1.165) is 11.3 Å². The number of para-hydroxylation sites is 1. The maximum Gasteiger partial charge on any atom is 0.261 e. The summed E-state index contributed by atoms with van der Waals surface area (Å²) in [4.78, 5) is 29.2. The molecule has 0 unspecified atom stereocenters. The van der Waals surface area contributed by atoms with Crippen molar-refractivity contribution >= 4 is 22.5 Å². The van der Waals surface area contributed by atoms with Gasteiger partial charge >= 0.3 is 0 Å². The van der Waals surface area contributed by atoms with Crippen molar-refractivity contribution in [2.75, 3.05) is 5.32 Å². The average Bonchev–Trinajstić information content (AvgIpc) is 2.62. The van der Waals surface area contributed by atoms with E-state index >= 15 is 0 Å². The van der Waals surface area contributed by atoms with Gasteiger partial charge in [0.15, 0.2) is 0 Å². The SMILES string of the molecule is Cc1cccc2c(=O)n(CCC(=O)Nc3cccc(C(C)C)c3)cnc12. The lowest BCUT2D eigenvalue weighted by atomic mass is 10.0. The molecule has 3 rings (SSSR count). The molecule has 26 heavy (non-hydrogen) atoms. The number of nitrogens with zero attached hydrogens (tertiary/aromatic N) is 2. The van der Waals surface area contributed by atoms with Crippen LogP contribution in [0.3, 0.4) is 0 Å². The van der Waals surface area contributed by atoms with Gasteiger partial charge in [0.05, 0.1) is 17.2 Å². The number of aryl methyl sites for hydroxylation is 2. The van der Waals surface area contributed by atoms with Gasteiger partial charge in [0.2, 0.25) is 5.91 Å². The number of carbonyl (C=O) groups is 1. The number of carbonyl (C=O) groups excluding carboxylic acids is 1. The van der Waals surface area contributed by atoms with Crippen molar-refractivity contribution < 1.29 is 4.79 Å². The molecule has 0 saturated heterocycles. The molecule has 5 heteroatoms. The molecule has 0 bridgehead atoms. The van der Waals surface area contributed by atoms with Crippen molar-refractivity contribution in [1.29, 1.82) is 0 Å². The van der Waals surface area contributed by atoms with Gasteiger partial charge in [-0.05, 0) is 42.2 Å². The fourth-order valence-electron chi connectivity index (χ4n) is 2.92. The summed E-state index contributed by atoms with van der Waals surface area (Å²) in [5.74, 6) is 0.278. The second-order valence-electron chi connectivity index (χ2n) is 6.79. The maximum absolute atomic E-state index is 12.6. The summed E-state index contributed by atoms with van der Waals surface area (Å²) in [5.41, 5.74) is 3.51. The zero-order valence-corrected chi connectivity index (χ0v) is 15.3. The van der Waals surface area contributed by atoms with Crippen LogP contribution in [0.25, 0.3) is 10.9 Å². The fraction of sp³-hybridized carbons (Fsp3) is 0.286. The van der Waals surface area contributed by atoms with Gasteiger partial charge in [-0.1, -0.05) is 38.1 Å². The lowest BCUT2D eigenvalue weighted by molar-refractivity contribution is -0.116. The number of hydrogen-bond donors (Lipinski definition) is 1. The normalized spacial score (nSPS) is 11.1. The van der Waals surface area contributed by atoms with Crippen LogP contribution < -0.4 is 10.9 Å². The molecular formula is C21H23N3O2. The van der Waals surface area contributed by atoms with Crippen molar-refractivity contribution in [2.24, 2.45) is 0 Å². The predicted molar refractivity (Wildman–Crippen MR) is 105 cm³/mol. The van der Waals surface area contributed by atoms with Crippen LogP contribution >= 0.6 is 0 Å². The summed E-state index contributed by atoms with van der Waals surface area (Å²) >= 11 is 0. The molecule has 0 saturated carbocycles. The topological polar surface area (TPSA) is 64.0 Å². The molecule has 0 aliphatic heterocycles. The first-order valence-corrected chi connectivity index (χ1v) is 8.80. The fourth-order valence-corrected chi connectivity index (χ4v) is 2.92. The van der Waals surface area contributed by atoms with Crippen LogP contribution in [0.4, 0.5) is 5.69 Å². The summed E-state index contributed by atoms with van der Waals surface area (Å²) in [6.45, 7) is 6.45. The Hall–Kier alpha value is -2.95. The number of nitrogens with one attached hydrogen (secondary N) is 1. The molecule has 0 aliphatic rings. The largest absolute Gasteiger partial charge is 0.326 e. The van der Waals surface area contributed by atoms with Gasteiger partial charge in [-0.3, -0.25) is 14.2 Å². The standard InChI is InChI=1S/C21H23N3O2/c1-14(2)16-7-5-8-17(12-16)23-19(25)10-11-24-13-22-20-15(3)6-4-9-18(20)21(24)26/h4-9,12-14H,10-11H2,1-3H3,(H,23,25). The van der Waals surface area contributed by atoms with E-state index in [-0.39, 0.29) is 17.9 Å². The third-order valence-electron chi connectivity index (χ3n) is 4.47. The zero-order valence-electron chi connectivity index (χ0n) is 15.3. The Bertz CT molecular complexity index is 1010. The molecule has 5 nitrogen and oxygen atoms in total. The van der Waals surface area contributed by atoms with Gasteiger partial charge < -0.3 is 5.32 Å². The van der Waals surface area contributed by atoms with Gasteiger partial charge in [-0.25, -0.2) is 4.98 Å². The van der Waals surface area contributed by atoms with E-state index in [4.69, 9.17) is 0 Å². The van der Waals surface area contributed by atoms with Crippen LogP contribution in [-0.4, -0.2) is 15.5 Å². The molecule has 3 aromatic rings. The van der Waals surface area contributed by atoms with Gasteiger partial charge in [0.1, 0.15) is 0 Å². The van der Waals surface area contributed by atoms with E-state index in [1.54, 1.807) is 6.07 Å². The predicted octanol–water partition coefficient (Wildman–Crippen LogP) is 3.86. The molecule has 134 valence electrons. The smallest absolute Gasteiger partial charge is 0.261 e. The van der Waals surface area contributed by atoms with Gasteiger partial charge in [-0.2, -0.15) is 0 Å². The van der Waals surface area contributed by atoms with Crippen LogP contribution in [-0.2, 0) is 11.3 Å². The average molecular weight is 349 g/mol. The van der Waals surface area contributed by atoms with Crippen molar-refractivity contribution in [3.8, 4) is 0 Å². The van der Waals surface area contributed by atoms with Crippen LogP contribution in [0.15, 0.2) is 53.6 Å². The van der Waals surface area contributed by atoms with Crippen LogP contribution in [0.2, 0.25) is 0 Å². The number of anilines is 1. The van der Waals surface area contributed by atoms with Crippen molar-refractivity contribution in [2.45, 2.75) is 39.7 Å². The second kappa shape index (κ2) is 7.52. The summed E-state index contributed by atoms with van der Waals surface area (Å²) < 4.78 is 1.49. The van der Waals surface area contributed by atoms with Crippen molar-refractivity contribution in [3.63, 3.8) is 0 Å². The van der Waals surface area contributed by atoms with Gasteiger partial charge in [-0.15, -0.1) is 0 Å². The molecule has 2 aromatic carbocycles. The molecule has 0 spiro atoms. The Labute approximate surface area is 152 Å². The first-order valence-electron chi connectivity index (χ1n) is 8.80. The van der Waals surface area contributed by atoms with Gasteiger partial charge in [0.25, 0.3) is 5.56 Å². The monoisotopic (exact) mass is 349 g/mol. The lowest BCUT2D eigenvalue weighted by Gasteiger charge is -2.10. The number of rotatable bonds is 5. The molecule has 1 aromatic heterocycles. The van der Waals surface area contributed by atoms with E-state index in [0.29, 0.717) is 23.4 Å². The number of hydrogen-bond acceptors (Lipinski definition) is 3. The highest BCUT2D eigenvalue weighted by molar-refractivity contribution is 5.90. The van der Waals surface area contributed by atoms with E-state index in [9.17, 15) is 9.59 Å². The summed E-state index contributed by atoms with van der Waals surface area (Å²) in [7, 11) is 0.